The molecule has 0 saturated heterocycles. The molecule has 108 valence electrons. The third kappa shape index (κ3) is 3.29. The van der Waals surface area contributed by atoms with Crippen molar-refractivity contribution in [2.75, 3.05) is 17.2 Å². The van der Waals surface area contributed by atoms with Crippen molar-refractivity contribution in [3.05, 3.63) is 36.0 Å². The quantitative estimate of drug-likeness (QED) is 0.807. The predicted molar refractivity (Wildman–Crippen MR) is 80.9 cm³/mol. The first kappa shape index (κ1) is 14.4. The van der Waals surface area contributed by atoms with Gasteiger partial charge in [0.15, 0.2) is 0 Å². The Bertz CT molecular complexity index is 525. The minimum atomic E-state index is 0.0741. The van der Waals surface area contributed by atoms with Gasteiger partial charge in [0.2, 0.25) is 0 Å². The number of anilines is 2. The maximum atomic E-state index is 5.42. The average molecular weight is 274 g/mol. The second-order valence-electron chi connectivity index (χ2n) is 4.71. The molecule has 0 radical (unpaired) electrons. The maximum absolute atomic E-state index is 5.42. The number of hydrogen-bond acceptors (Lipinski definition) is 5. The monoisotopic (exact) mass is 274 g/mol. The van der Waals surface area contributed by atoms with Crippen molar-refractivity contribution in [3.63, 3.8) is 0 Å². The molecule has 0 spiro atoms. The third-order valence-corrected chi connectivity index (χ3v) is 3.11. The molecule has 2 rings (SSSR count). The number of nitrogens with zero attached hydrogens (tertiary/aromatic N) is 2. The summed E-state index contributed by atoms with van der Waals surface area (Å²) in [7, 11) is 0. The zero-order valence-electron chi connectivity index (χ0n) is 12.3. The first-order valence-corrected chi connectivity index (χ1v) is 7.13. The zero-order valence-corrected chi connectivity index (χ0v) is 12.3. The molecule has 0 aliphatic carbocycles. The van der Waals surface area contributed by atoms with Crippen molar-refractivity contribution in [1.29, 1.82) is 0 Å². The summed E-state index contributed by atoms with van der Waals surface area (Å²) in [5, 5.41) is 6.71. The standard InChI is InChI=1S/C15H22N4O/c1-4-7-12-14(16-5-2)17-10-18-15(12)19-11(3)13-8-6-9-20-13/h6,8-11H,4-5,7H2,1-3H3,(H2,16,17,18,19). The molecular weight excluding hydrogens is 252 g/mol. The van der Waals surface area contributed by atoms with Crippen LogP contribution in [0.4, 0.5) is 11.6 Å². The van der Waals surface area contributed by atoms with Gasteiger partial charge in [-0.15, -0.1) is 0 Å². The van der Waals surface area contributed by atoms with E-state index in [-0.39, 0.29) is 6.04 Å². The number of aromatic nitrogens is 2. The van der Waals surface area contributed by atoms with Gasteiger partial charge in [0.05, 0.1) is 12.3 Å². The van der Waals surface area contributed by atoms with Gasteiger partial charge >= 0.3 is 0 Å². The summed E-state index contributed by atoms with van der Waals surface area (Å²) in [4.78, 5) is 8.72. The van der Waals surface area contributed by atoms with Gasteiger partial charge in [-0.1, -0.05) is 13.3 Å². The van der Waals surface area contributed by atoms with E-state index >= 15 is 0 Å². The molecule has 0 bridgehead atoms. The lowest BCUT2D eigenvalue weighted by Gasteiger charge is -2.17. The van der Waals surface area contributed by atoms with Gasteiger partial charge in [-0.05, 0) is 32.4 Å². The van der Waals surface area contributed by atoms with Gasteiger partial charge in [-0.25, -0.2) is 9.97 Å². The highest BCUT2D eigenvalue weighted by molar-refractivity contribution is 5.58. The fraction of sp³-hybridized carbons (Fsp3) is 0.467. The number of nitrogens with one attached hydrogen (secondary N) is 2. The van der Waals surface area contributed by atoms with Crippen molar-refractivity contribution in [3.8, 4) is 0 Å². The van der Waals surface area contributed by atoms with E-state index < -0.39 is 0 Å². The van der Waals surface area contributed by atoms with Crippen LogP contribution in [0.25, 0.3) is 0 Å². The highest BCUT2D eigenvalue weighted by Crippen LogP contribution is 2.25. The van der Waals surface area contributed by atoms with Crippen molar-refractivity contribution in [1.82, 2.24) is 9.97 Å². The van der Waals surface area contributed by atoms with E-state index in [1.54, 1.807) is 12.6 Å². The second kappa shape index (κ2) is 6.93. The average Bonchev–Trinajstić information content (AvgIpc) is 2.97. The van der Waals surface area contributed by atoms with Crippen LogP contribution in [-0.2, 0) is 6.42 Å². The lowest BCUT2D eigenvalue weighted by atomic mass is 10.1. The van der Waals surface area contributed by atoms with Crippen molar-refractivity contribution in [2.45, 2.75) is 39.7 Å². The molecule has 2 aromatic rings. The SMILES string of the molecule is CCCc1c(NCC)ncnc1NC(C)c1ccco1. The highest BCUT2D eigenvalue weighted by Gasteiger charge is 2.14. The lowest BCUT2D eigenvalue weighted by Crippen LogP contribution is -2.12. The molecule has 1 atom stereocenters. The Balaban J connectivity index is 2.23. The molecular formula is C15H22N4O. The minimum Gasteiger partial charge on any atom is -0.467 e. The molecule has 5 nitrogen and oxygen atoms in total. The van der Waals surface area contributed by atoms with Crippen molar-refractivity contribution >= 4 is 11.6 Å². The summed E-state index contributed by atoms with van der Waals surface area (Å²) in [6.07, 6.45) is 5.27. The molecule has 20 heavy (non-hydrogen) atoms. The zero-order chi connectivity index (χ0) is 14.4. The summed E-state index contributed by atoms with van der Waals surface area (Å²) in [6.45, 7) is 7.13. The lowest BCUT2D eigenvalue weighted by molar-refractivity contribution is 0.490. The molecule has 0 fully saturated rings. The van der Waals surface area contributed by atoms with Crippen LogP contribution in [0.2, 0.25) is 0 Å². The summed E-state index contributed by atoms with van der Waals surface area (Å²) in [6, 6.07) is 3.93. The Morgan fingerprint density at radius 3 is 2.70 bits per heavy atom. The Kier molecular flexibility index (Phi) is 4.98. The number of furan rings is 1. The van der Waals surface area contributed by atoms with Crippen LogP contribution in [0, 0.1) is 0 Å². The van der Waals surface area contributed by atoms with Crippen LogP contribution < -0.4 is 10.6 Å². The van der Waals surface area contributed by atoms with E-state index in [1.165, 1.54) is 0 Å². The highest BCUT2D eigenvalue weighted by atomic mass is 16.3. The first-order chi connectivity index (χ1) is 9.76. The molecule has 0 aliphatic rings. The Morgan fingerprint density at radius 2 is 2.05 bits per heavy atom. The van der Waals surface area contributed by atoms with Crippen LogP contribution in [0.1, 0.15) is 44.6 Å². The fourth-order valence-corrected chi connectivity index (χ4v) is 2.16. The molecule has 0 aromatic carbocycles. The van der Waals surface area contributed by atoms with E-state index in [0.29, 0.717) is 0 Å². The fourth-order valence-electron chi connectivity index (χ4n) is 2.16. The topological polar surface area (TPSA) is 63.0 Å². The van der Waals surface area contributed by atoms with Gasteiger partial charge in [-0.3, -0.25) is 0 Å². The van der Waals surface area contributed by atoms with Crippen LogP contribution in [0.5, 0.6) is 0 Å². The molecule has 2 aromatic heterocycles. The van der Waals surface area contributed by atoms with Crippen LogP contribution in [0.3, 0.4) is 0 Å². The Hall–Kier alpha value is -2.04. The maximum Gasteiger partial charge on any atom is 0.135 e. The second-order valence-corrected chi connectivity index (χ2v) is 4.71. The summed E-state index contributed by atoms with van der Waals surface area (Å²) in [5.41, 5.74) is 1.13. The normalized spacial score (nSPS) is 12.2. The number of hydrogen-bond donors (Lipinski definition) is 2. The van der Waals surface area contributed by atoms with E-state index in [1.807, 2.05) is 12.1 Å². The summed E-state index contributed by atoms with van der Waals surface area (Å²) >= 11 is 0. The summed E-state index contributed by atoms with van der Waals surface area (Å²) < 4.78 is 5.42. The number of rotatable bonds is 7. The molecule has 0 amide bonds. The Morgan fingerprint density at radius 1 is 1.25 bits per heavy atom. The molecule has 0 saturated carbocycles. The molecule has 2 heterocycles. The largest absolute Gasteiger partial charge is 0.467 e. The van der Waals surface area contributed by atoms with Crippen LogP contribution >= 0.6 is 0 Å². The van der Waals surface area contributed by atoms with Gasteiger partial charge < -0.3 is 15.1 Å². The van der Waals surface area contributed by atoms with E-state index in [4.69, 9.17) is 4.42 Å². The minimum absolute atomic E-state index is 0.0741. The van der Waals surface area contributed by atoms with E-state index in [9.17, 15) is 0 Å². The predicted octanol–water partition coefficient (Wildman–Crippen LogP) is 3.63. The van der Waals surface area contributed by atoms with Gasteiger partial charge in [0.25, 0.3) is 0 Å². The van der Waals surface area contributed by atoms with E-state index in [2.05, 4.69) is 41.4 Å². The van der Waals surface area contributed by atoms with E-state index in [0.717, 1.165) is 42.3 Å². The van der Waals surface area contributed by atoms with Crippen molar-refractivity contribution < 1.29 is 4.42 Å². The Labute approximate surface area is 119 Å². The van der Waals surface area contributed by atoms with Gasteiger partial charge in [0.1, 0.15) is 23.7 Å². The first-order valence-electron chi connectivity index (χ1n) is 7.13. The van der Waals surface area contributed by atoms with Crippen LogP contribution in [-0.4, -0.2) is 16.5 Å². The van der Waals surface area contributed by atoms with Crippen molar-refractivity contribution in [2.24, 2.45) is 0 Å². The molecule has 5 heteroatoms. The summed E-state index contributed by atoms with van der Waals surface area (Å²) in [5.74, 6) is 2.69. The molecule has 2 N–H and O–H groups in total. The van der Waals surface area contributed by atoms with Gasteiger partial charge in [0, 0.05) is 12.1 Å². The molecule has 0 aliphatic heterocycles. The third-order valence-electron chi connectivity index (χ3n) is 3.11. The smallest absolute Gasteiger partial charge is 0.135 e. The van der Waals surface area contributed by atoms with Gasteiger partial charge in [-0.2, -0.15) is 0 Å². The molecule has 1 unspecified atom stereocenters. The van der Waals surface area contributed by atoms with Crippen LogP contribution in [0.15, 0.2) is 29.1 Å².